The van der Waals surface area contributed by atoms with Gasteiger partial charge in [-0.15, -0.1) is 11.3 Å². The molecule has 1 aliphatic carbocycles. The maximum absolute atomic E-state index is 3.70. The Morgan fingerprint density at radius 1 is 1.30 bits per heavy atom. The van der Waals surface area contributed by atoms with Gasteiger partial charge in [-0.25, -0.2) is 0 Å². The number of thiophene rings is 1. The van der Waals surface area contributed by atoms with Crippen molar-refractivity contribution in [2.45, 2.75) is 59.3 Å². The van der Waals surface area contributed by atoms with Gasteiger partial charge in [0.1, 0.15) is 0 Å². The van der Waals surface area contributed by atoms with Crippen LogP contribution >= 0.6 is 11.3 Å². The van der Waals surface area contributed by atoms with Crippen molar-refractivity contribution < 1.29 is 0 Å². The molecule has 0 aromatic carbocycles. The fourth-order valence-corrected chi connectivity index (χ4v) is 4.58. The number of rotatable bonds is 6. The first-order valence-corrected chi connectivity index (χ1v) is 9.18. The summed E-state index contributed by atoms with van der Waals surface area (Å²) in [5.74, 6) is 3.34. The zero-order chi connectivity index (χ0) is 14.5. The Bertz CT molecular complexity index is 396. The van der Waals surface area contributed by atoms with Crippen molar-refractivity contribution in [1.82, 2.24) is 5.32 Å². The van der Waals surface area contributed by atoms with E-state index in [2.05, 4.69) is 45.1 Å². The third kappa shape index (κ3) is 4.33. The van der Waals surface area contributed by atoms with Gasteiger partial charge in [0, 0.05) is 9.75 Å². The molecule has 20 heavy (non-hydrogen) atoms. The van der Waals surface area contributed by atoms with Crippen LogP contribution in [0.5, 0.6) is 0 Å². The second-order valence-corrected chi connectivity index (χ2v) is 8.27. The first-order valence-electron chi connectivity index (χ1n) is 8.37. The molecule has 1 aromatic heterocycles. The summed E-state index contributed by atoms with van der Waals surface area (Å²) < 4.78 is 0. The van der Waals surface area contributed by atoms with Crippen LogP contribution in [-0.2, 0) is 0 Å². The molecular weight excluding hydrogens is 262 g/mol. The molecule has 1 aromatic rings. The van der Waals surface area contributed by atoms with E-state index in [0.29, 0.717) is 0 Å². The van der Waals surface area contributed by atoms with Gasteiger partial charge in [-0.2, -0.15) is 0 Å². The minimum Gasteiger partial charge on any atom is -0.316 e. The van der Waals surface area contributed by atoms with Crippen molar-refractivity contribution in [2.24, 2.45) is 17.8 Å². The molecule has 0 bridgehead atoms. The average Bonchev–Trinajstić information content (AvgIpc) is 2.85. The highest BCUT2D eigenvalue weighted by Crippen LogP contribution is 2.43. The molecule has 1 saturated carbocycles. The Labute approximate surface area is 129 Å². The molecule has 3 unspecified atom stereocenters. The van der Waals surface area contributed by atoms with Crippen LogP contribution in [0.15, 0.2) is 12.1 Å². The van der Waals surface area contributed by atoms with Crippen LogP contribution in [0.4, 0.5) is 0 Å². The van der Waals surface area contributed by atoms with Crippen LogP contribution in [0.1, 0.15) is 62.1 Å². The predicted octanol–water partition coefficient (Wildman–Crippen LogP) is 5.21. The smallest absolute Gasteiger partial charge is 0.00823 e. The van der Waals surface area contributed by atoms with E-state index in [-0.39, 0.29) is 0 Å². The number of hydrogen-bond acceptors (Lipinski definition) is 2. The lowest BCUT2D eigenvalue weighted by atomic mass is 9.72. The maximum atomic E-state index is 3.70. The Hall–Kier alpha value is -0.340. The molecule has 1 nitrogen and oxygen atoms in total. The molecular formula is C18H31NS. The van der Waals surface area contributed by atoms with E-state index in [1.165, 1.54) is 37.1 Å². The molecule has 2 heteroatoms. The summed E-state index contributed by atoms with van der Waals surface area (Å²) in [6, 6.07) is 4.69. The second-order valence-electron chi connectivity index (χ2n) is 6.95. The van der Waals surface area contributed by atoms with Crippen molar-refractivity contribution in [1.29, 1.82) is 0 Å². The average molecular weight is 294 g/mol. The van der Waals surface area contributed by atoms with E-state index >= 15 is 0 Å². The molecule has 3 atom stereocenters. The highest BCUT2D eigenvalue weighted by molar-refractivity contribution is 7.12. The molecule has 2 rings (SSSR count). The second kappa shape index (κ2) is 7.61. The summed E-state index contributed by atoms with van der Waals surface area (Å²) in [7, 11) is 0. The number of nitrogens with one attached hydrogen (secondary N) is 1. The number of aryl methyl sites for hydroxylation is 1. The van der Waals surface area contributed by atoms with Crippen molar-refractivity contribution in [3.05, 3.63) is 21.9 Å². The van der Waals surface area contributed by atoms with Gasteiger partial charge in [0.2, 0.25) is 0 Å². The maximum Gasteiger partial charge on any atom is 0.00823 e. The Balaban J connectivity index is 2.00. The van der Waals surface area contributed by atoms with Crippen LogP contribution in [0.3, 0.4) is 0 Å². The monoisotopic (exact) mass is 293 g/mol. The SMILES string of the molecule is CCC1CCC(CNCC(C)C)C(c2ccc(C)s2)C1. The quantitative estimate of drug-likeness (QED) is 0.759. The lowest BCUT2D eigenvalue weighted by Crippen LogP contribution is -2.33. The molecule has 1 aliphatic rings. The Morgan fingerprint density at radius 3 is 2.70 bits per heavy atom. The Morgan fingerprint density at radius 2 is 2.10 bits per heavy atom. The van der Waals surface area contributed by atoms with Gasteiger partial charge in [-0.1, -0.05) is 33.6 Å². The fourth-order valence-electron chi connectivity index (χ4n) is 3.49. The number of hydrogen-bond donors (Lipinski definition) is 1. The molecule has 1 heterocycles. The van der Waals surface area contributed by atoms with Crippen LogP contribution in [-0.4, -0.2) is 13.1 Å². The Kier molecular flexibility index (Phi) is 6.10. The third-order valence-corrected chi connectivity index (χ3v) is 5.90. The lowest BCUT2D eigenvalue weighted by molar-refractivity contribution is 0.226. The summed E-state index contributed by atoms with van der Waals surface area (Å²) in [6.45, 7) is 11.5. The van der Waals surface area contributed by atoms with E-state index < -0.39 is 0 Å². The van der Waals surface area contributed by atoms with E-state index in [4.69, 9.17) is 0 Å². The van der Waals surface area contributed by atoms with E-state index in [1.54, 1.807) is 4.88 Å². The van der Waals surface area contributed by atoms with Gasteiger partial charge in [0.15, 0.2) is 0 Å². The van der Waals surface area contributed by atoms with Gasteiger partial charge < -0.3 is 5.32 Å². The van der Waals surface area contributed by atoms with E-state index in [0.717, 1.165) is 30.2 Å². The molecule has 0 spiro atoms. The zero-order valence-corrected chi connectivity index (χ0v) is 14.4. The molecule has 114 valence electrons. The molecule has 0 radical (unpaired) electrons. The largest absolute Gasteiger partial charge is 0.316 e. The summed E-state index contributed by atoms with van der Waals surface area (Å²) in [5.41, 5.74) is 0. The van der Waals surface area contributed by atoms with Crippen molar-refractivity contribution in [3.63, 3.8) is 0 Å². The zero-order valence-electron chi connectivity index (χ0n) is 13.6. The summed E-state index contributed by atoms with van der Waals surface area (Å²) in [5, 5.41) is 3.70. The highest BCUT2D eigenvalue weighted by Gasteiger charge is 2.31. The van der Waals surface area contributed by atoms with Crippen LogP contribution in [0, 0.1) is 24.7 Å². The van der Waals surface area contributed by atoms with Crippen molar-refractivity contribution in [3.8, 4) is 0 Å². The van der Waals surface area contributed by atoms with Crippen LogP contribution in [0.25, 0.3) is 0 Å². The first kappa shape index (κ1) is 16.0. The van der Waals surface area contributed by atoms with Crippen LogP contribution in [0.2, 0.25) is 0 Å². The molecule has 1 fully saturated rings. The third-order valence-electron chi connectivity index (χ3n) is 4.77. The summed E-state index contributed by atoms with van der Waals surface area (Å²) >= 11 is 2.02. The molecule has 1 N–H and O–H groups in total. The topological polar surface area (TPSA) is 12.0 Å². The van der Waals surface area contributed by atoms with Crippen molar-refractivity contribution in [2.75, 3.05) is 13.1 Å². The van der Waals surface area contributed by atoms with E-state index in [9.17, 15) is 0 Å². The van der Waals surface area contributed by atoms with Crippen molar-refractivity contribution >= 4 is 11.3 Å². The van der Waals surface area contributed by atoms with E-state index in [1.807, 2.05) is 11.3 Å². The minimum absolute atomic E-state index is 0.754. The fraction of sp³-hybridized carbons (Fsp3) is 0.778. The normalized spacial score (nSPS) is 27.1. The molecule has 0 saturated heterocycles. The van der Waals surface area contributed by atoms with Gasteiger partial charge in [-0.05, 0) is 68.7 Å². The predicted molar refractivity (Wildman–Crippen MR) is 90.6 cm³/mol. The van der Waals surface area contributed by atoms with Gasteiger partial charge >= 0.3 is 0 Å². The summed E-state index contributed by atoms with van der Waals surface area (Å²) in [6.07, 6.45) is 5.61. The summed E-state index contributed by atoms with van der Waals surface area (Å²) in [4.78, 5) is 3.10. The molecule has 0 aliphatic heterocycles. The van der Waals surface area contributed by atoms with Gasteiger partial charge in [0.25, 0.3) is 0 Å². The standard InChI is InChI=1S/C18H31NS/c1-5-15-7-8-16(12-19-11-13(2)3)17(10-15)18-9-6-14(4)20-18/h6,9,13,15-17,19H,5,7-8,10-12H2,1-4H3. The van der Waals surface area contributed by atoms with Gasteiger partial charge in [-0.3, -0.25) is 0 Å². The minimum atomic E-state index is 0.754. The van der Waals surface area contributed by atoms with Gasteiger partial charge in [0.05, 0.1) is 0 Å². The molecule has 0 amide bonds. The first-order chi connectivity index (χ1) is 9.60. The highest BCUT2D eigenvalue weighted by atomic mass is 32.1. The van der Waals surface area contributed by atoms with Crippen LogP contribution < -0.4 is 5.32 Å². The lowest BCUT2D eigenvalue weighted by Gasteiger charge is -2.36.